The van der Waals surface area contributed by atoms with Crippen molar-refractivity contribution in [1.29, 1.82) is 0 Å². The van der Waals surface area contributed by atoms with Gasteiger partial charge in [-0.15, -0.1) is 0 Å². The van der Waals surface area contributed by atoms with Gasteiger partial charge in [-0.3, -0.25) is 9.59 Å². The van der Waals surface area contributed by atoms with E-state index in [1.807, 2.05) is 6.92 Å². The van der Waals surface area contributed by atoms with Crippen LogP contribution in [-0.4, -0.2) is 16.8 Å². The van der Waals surface area contributed by atoms with Crippen molar-refractivity contribution in [3.8, 4) is 0 Å². The first-order valence-corrected chi connectivity index (χ1v) is 7.83. The Labute approximate surface area is 140 Å². The number of hydrogen-bond acceptors (Lipinski definition) is 3. The molecule has 24 heavy (non-hydrogen) atoms. The van der Waals surface area contributed by atoms with Crippen molar-refractivity contribution in [3.63, 3.8) is 0 Å². The van der Waals surface area contributed by atoms with Gasteiger partial charge in [-0.2, -0.15) is 0 Å². The van der Waals surface area contributed by atoms with Crippen LogP contribution in [0.1, 0.15) is 42.1 Å². The largest absolute Gasteiger partial charge is 0.320 e. The second kappa shape index (κ2) is 8.19. The molecule has 2 rings (SSSR count). The van der Waals surface area contributed by atoms with Crippen LogP contribution in [0.2, 0.25) is 0 Å². The predicted octanol–water partition coefficient (Wildman–Crippen LogP) is 3.91. The zero-order valence-electron chi connectivity index (χ0n) is 13.7. The third-order valence-corrected chi connectivity index (χ3v) is 3.50. The Morgan fingerprint density at radius 1 is 1.21 bits per heavy atom. The topological polar surface area (TPSA) is 71.1 Å². The molecular formula is C18H20FN3O2. The normalized spacial score (nSPS) is 10.3. The molecule has 5 nitrogen and oxygen atoms in total. The standard InChI is InChI=1S/C18H20FN3O2/c1-3-4-9-17(23)22-16-10-12(2)15(11-20-16)21-18(24)13-7-5-6-8-14(13)19/h5-8,10-11H,3-4,9H2,1-2H3,(H,21,24)(H,20,22,23). The summed E-state index contributed by atoms with van der Waals surface area (Å²) in [6.07, 6.45) is 3.66. The number of pyridine rings is 1. The number of carbonyl (C=O) groups excluding carboxylic acids is 2. The number of nitrogens with one attached hydrogen (secondary N) is 2. The van der Waals surface area contributed by atoms with Gasteiger partial charge in [0.1, 0.15) is 11.6 Å². The quantitative estimate of drug-likeness (QED) is 0.844. The summed E-state index contributed by atoms with van der Waals surface area (Å²) in [4.78, 5) is 27.9. The number of hydrogen-bond donors (Lipinski definition) is 2. The second-order valence-corrected chi connectivity index (χ2v) is 5.47. The highest BCUT2D eigenvalue weighted by molar-refractivity contribution is 6.04. The zero-order chi connectivity index (χ0) is 17.5. The molecule has 0 aliphatic heterocycles. The van der Waals surface area contributed by atoms with E-state index in [1.54, 1.807) is 19.1 Å². The lowest BCUT2D eigenvalue weighted by Gasteiger charge is -2.11. The van der Waals surface area contributed by atoms with Crippen molar-refractivity contribution in [3.05, 3.63) is 53.5 Å². The summed E-state index contributed by atoms with van der Waals surface area (Å²) >= 11 is 0. The summed E-state index contributed by atoms with van der Waals surface area (Å²) in [6.45, 7) is 3.79. The summed E-state index contributed by atoms with van der Waals surface area (Å²) in [5, 5.41) is 5.34. The molecule has 0 radical (unpaired) electrons. The molecule has 0 atom stereocenters. The van der Waals surface area contributed by atoms with Crippen molar-refractivity contribution in [2.75, 3.05) is 10.6 Å². The third-order valence-electron chi connectivity index (χ3n) is 3.50. The number of benzene rings is 1. The first-order valence-electron chi connectivity index (χ1n) is 7.83. The van der Waals surface area contributed by atoms with Gasteiger partial charge in [-0.25, -0.2) is 9.37 Å². The number of nitrogens with zero attached hydrogens (tertiary/aromatic N) is 1. The summed E-state index contributed by atoms with van der Waals surface area (Å²) < 4.78 is 13.6. The van der Waals surface area contributed by atoms with E-state index >= 15 is 0 Å². The third kappa shape index (κ3) is 4.62. The van der Waals surface area contributed by atoms with Gasteiger partial charge in [0.05, 0.1) is 17.4 Å². The number of halogens is 1. The van der Waals surface area contributed by atoms with Crippen molar-refractivity contribution < 1.29 is 14.0 Å². The van der Waals surface area contributed by atoms with Crippen LogP contribution in [0.3, 0.4) is 0 Å². The molecule has 0 aliphatic rings. The molecule has 1 aromatic heterocycles. The maximum atomic E-state index is 13.6. The van der Waals surface area contributed by atoms with E-state index in [2.05, 4.69) is 15.6 Å². The number of amides is 2. The Kier molecular flexibility index (Phi) is 6.01. The molecule has 6 heteroatoms. The smallest absolute Gasteiger partial charge is 0.258 e. The van der Waals surface area contributed by atoms with E-state index in [0.717, 1.165) is 18.4 Å². The molecule has 0 unspecified atom stereocenters. The van der Waals surface area contributed by atoms with Crippen molar-refractivity contribution in [2.24, 2.45) is 0 Å². The minimum Gasteiger partial charge on any atom is -0.320 e. The molecule has 0 spiro atoms. The van der Waals surface area contributed by atoms with Crippen LogP contribution >= 0.6 is 0 Å². The minimum atomic E-state index is -0.583. The Bertz CT molecular complexity index is 747. The summed E-state index contributed by atoms with van der Waals surface area (Å²) in [6, 6.07) is 7.43. The van der Waals surface area contributed by atoms with E-state index in [9.17, 15) is 14.0 Å². The van der Waals surface area contributed by atoms with Gasteiger partial charge in [-0.05, 0) is 37.1 Å². The molecule has 0 saturated carbocycles. The Morgan fingerprint density at radius 3 is 2.62 bits per heavy atom. The highest BCUT2D eigenvalue weighted by Crippen LogP contribution is 2.18. The van der Waals surface area contributed by atoms with E-state index < -0.39 is 11.7 Å². The first-order chi connectivity index (χ1) is 11.5. The van der Waals surface area contributed by atoms with E-state index in [-0.39, 0.29) is 11.5 Å². The molecule has 2 amide bonds. The second-order valence-electron chi connectivity index (χ2n) is 5.47. The summed E-state index contributed by atoms with van der Waals surface area (Å²) in [7, 11) is 0. The molecule has 126 valence electrons. The molecule has 0 saturated heterocycles. The number of rotatable bonds is 6. The Hall–Kier alpha value is -2.76. The molecule has 2 N–H and O–H groups in total. The monoisotopic (exact) mass is 329 g/mol. The lowest BCUT2D eigenvalue weighted by atomic mass is 10.2. The number of aromatic nitrogens is 1. The van der Waals surface area contributed by atoms with Gasteiger partial charge in [0.15, 0.2) is 0 Å². The SMILES string of the molecule is CCCCC(=O)Nc1cc(C)c(NC(=O)c2ccccc2F)cn1. The van der Waals surface area contributed by atoms with Crippen LogP contribution in [0, 0.1) is 12.7 Å². The average Bonchev–Trinajstić information content (AvgIpc) is 2.55. The molecule has 0 bridgehead atoms. The maximum Gasteiger partial charge on any atom is 0.258 e. The Morgan fingerprint density at radius 2 is 1.96 bits per heavy atom. The fraction of sp³-hybridized carbons (Fsp3) is 0.278. The van der Waals surface area contributed by atoms with Gasteiger partial charge < -0.3 is 10.6 Å². The molecule has 1 heterocycles. The van der Waals surface area contributed by atoms with Crippen LogP contribution in [0.25, 0.3) is 0 Å². The Balaban J connectivity index is 2.06. The number of anilines is 2. The van der Waals surface area contributed by atoms with Crippen molar-refractivity contribution in [1.82, 2.24) is 4.98 Å². The molecule has 2 aromatic rings. The van der Waals surface area contributed by atoms with E-state index in [4.69, 9.17) is 0 Å². The fourth-order valence-corrected chi connectivity index (χ4v) is 2.13. The number of unbranched alkanes of at least 4 members (excludes halogenated alkanes) is 1. The lowest BCUT2D eigenvalue weighted by Crippen LogP contribution is -2.16. The minimum absolute atomic E-state index is 0.0335. The van der Waals surface area contributed by atoms with Crippen LogP contribution in [0.5, 0.6) is 0 Å². The fourth-order valence-electron chi connectivity index (χ4n) is 2.13. The lowest BCUT2D eigenvalue weighted by molar-refractivity contribution is -0.116. The van der Waals surface area contributed by atoms with Crippen LogP contribution < -0.4 is 10.6 Å². The van der Waals surface area contributed by atoms with E-state index in [1.165, 1.54) is 24.4 Å². The average molecular weight is 329 g/mol. The highest BCUT2D eigenvalue weighted by atomic mass is 19.1. The van der Waals surface area contributed by atoms with Gasteiger partial charge >= 0.3 is 0 Å². The van der Waals surface area contributed by atoms with E-state index in [0.29, 0.717) is 17.9 Å². The van der Waals surface area contributed by atoms with Gasteiger partial charge in [0, 0.05) is 6.42 Å². The van der Waals surface area contributed by atoms with Gasteiger partial charge in [0.25, 0.3) is 5.91 Å². The summed E-state index contributed by atoms with van der Waals surface area (Å²) in [5.41, 5.74) is 1.16. The van der Waals surface area contributed by atoms with Crippen LogP contribution in [0.4, 0.5) is 15.9 Å². The van der Waals surface area contributed by atoms with Gasteiger partial charge in [-0.1, -0.05) is 25.5 Å². The first kappa shape index (κ1) is 17.6. The zero-order valence-corrected chi connectivity index (χ0v) is 13.7. The highest BCUT2D eigenvalue weighted by Gasteiger charge is 2.13. The molecule has 0 aliphatic carbocycles. The van der Waals surface area contributed by atoms with Crippen molar-refractivity contribution >= 4 is 23.3 Å². The maximum absolute atomic E-state index is 13.6. The molecule has 1 aromatic carbocycles. The van der Waals surface area contributed by atoms with Crippen molar-refractivity contribution in [2.45, 2.75) is 33.1 Å². The molecule has 0 fully saturated rings. The van der Waals surface area contributed by atoms with Gasteiger partial charge in [0.2, 0.25) is 5.91 Å². The molecular weight excluding hydrogens is 309 g/mol. The predicted molar refractivity (Wildman–Crippen MR) is 91.5 cm³/mol. The number of aryl methyl sites for hydroxylation is 1. The summed E-state index contributed by atoms with van der Waals surface area (Å²) in [5.74, 6) is -0.789. The van der Waals surface area contributed by atoms with Crippen LogP contribution in [0.15, 0.2) is 36.5 Å². The number of carbonyl (C=O) groups is 2. The van der Waals surface area contributed by atoms with Crippen LogP contribution in [-0.2, 0) is 4.79 Å².